The number of alkyl carbamates (subject to hydrolysis) is 1. The van der Waals surface area contributed by atoms with Gasteiger partial charge < -0.3 is 10.1 Å². The molecular weight excluding hydrogens is 238 g/mol. The molecule has 1 aliphatic carbocycles. The molecule has 1 unspecified atom stereocenters. The summed E-state index contributed by atoms with van der Waals surface area (Å²) in [6.45, 7) is 1.04. The molecule has 1 aromatic rings. The molecule has 1 amide bonds. The minimum atomic E-state index is -0.320. The molecule has 0 bridgehead atoms. The normalized spacial score (nSPS) is 15.4. The zero-order valence-corrected chi connectivity index (χ0v) is 11.3. The topological polar surface area (TPSA) is 38.3 Å². The molecule has 0 aliphatic heterocycles. The average molecular weight is 260 g/mol. The molecule has 0 saturated heterocycles. The molecule has 1 fully saturated rings. The molecule has 0 heterocycles. The van der Waals surface area contributed by atoms with Crippen LogP contribution in [0.2, 0.25) is 0 Å². The van der Waals surface area contributed by atoms with Gasteiger partial charge in [-0.05, 0) is 37.2 Å². The van der Waals surface area contributed by atoms with E-state index in [1.807, 2.05) is 30.3 Å². The van der Waals surface area contributed by atoms with Crippen molar-refractivity contribution in [1.29, 1.82) is 0 Å². The number of carbonyl (C=O) groups is 1. The van der Waals surface area contributed by atoms with Crippen LogP contribution in [0, 0.1) is 12.3 Å². The van der Waals surface area contributed by atoms with Crippen LogP contribution in [0.25, 0.3) is 0 Å². The lowest BCUT2D eigenvalue weighted by molar-refractivity contribution is 0.139. The number of nitrogens with one attached hydrogen (secondary N) is 1. The first-order chi connectivity index (χ1) is 9.34. The number of rotatable bonds is 6. The first kappa shape index (κ1) is 13.9. The third-order valence-corrected chi connectivity index (χ3v) is 3.51. The van der Waals surface area contributed by atoms with Crippen LogP contribution in [-0.4, -0.2) is 12.6 Å². The lowest BCUT2D eigenvalue weighted by Gasteiger charge is -2.09. The van der Waals surface area contributed by atoms with E-state index in [4.69, 9.17) is 4.74 Å². The Morgan fingerprint density at radius 3 is 2.89 bits per heavy atom. The molecule has 1 atom stereocenters. The van der Waals surface area contributed by atoms with Crippen molar-refractivity contribution in [2.24, 2.45) is 5.92 Å². The van der Waals surface area contributed by atoms with Gasteiger partial charge >= 0.3 is 6.09 Å². The van der Waals surface area contributed by atoms with Crippen LogP contribution >= 0.6 is 0 Å². The monoisotopic (exact) mass is 260 g/mol. The number of amides is 1. The summed E-state index contributed by atoms with van der Waals surface area (Å²) in [5.74, 6) is 0.766. The van der Waals surface area contributed by atoms with Gasteiger partial charge in [0.05, 0.1) is 0 Å². The molecule has 3 nitrogen and oxygen atoms in total. The maximum atomic E-state index is 11.5. The van der Waals surface area contributed by atoms with Crippen LogP contribution in [-0.2, 0) is 11.3 Å². The second-order valence-corrected chi connectivity index (χ2v) is 5.06. The summed E-state index contributed by atoms with van der Waals surface area (Å²) in [5, 5.41) is 2.80. The van der Waals surface area contributed by atoms with Crippen molar-refractivity contribution in [3.63, 3.8) is 0 Å². The quantitative estimate of drug-likeness (QED) is 0.792. The summed E-state index contributed by atoms with van der Waals surface area (Å²) in [6, 6.07) is 9.72. The molecule has 19 heavy (non-hydrogen) atoms. The van der Waals surface area contributed by atoms with E-state index in [1.54, 1.807) is 0 Å². The molecule has 3 heteroatoms. The SMILES string of the molecule is O=C(NCCCC1[CH]CCC1)OCc1ccccc1. The average Bonchev–Trinajstić information content (AvgIpc) is 2.96. The van der Waals surface area contributed by atoms with Gasteiger partial charge in [0, 0.05) is 6.54 Å². The molecule has 1 N–H and O–H groups in total. The van der Waals surface area contributed by atoms with Crippen LogP contribution in [0.3, 0.4) is 0 Å². The van der Waals surface area contributed by atoms with Gasteiger partial charge in [-0.25, -0.2) is 4.79 Å². The fourth-order valence-corrected chi connectivity index (χ4v) is 2.44. The van der Waals surface area contributed by atoms with Gasteiger partial charge in [0.25, 0.3) is 0 Å². The van der Waals surface area contributed by atoms with Crippen molar-refractivity contribution < 1.29 is 9.53 Å². The van der Waals surface area contributed by atoms with Gasteiger partial charge in [0.15, 0.2) is 0 Å². The molecule has 0 aromatic heterocycles. The van der Waals surface area contributed by atoms with E-state index in [2.05, 4.69) is 11.7 Å². The minimum Gasteiger partial charge on any atom is -0.445 e. The van der Waals surface area contributed by atoms with Crippen molar-refractivity contribution in [3.05, 3.63) is 42.3 Å². The Balaban J connectivity index is 1.52. The first-order valence-corrected chi connectivity index (χ1v) is 7.12. The third-order valence-electron chi connectivity index (χ3n) is 3.51. The number of hydrogen-bond acceptors (Lipinski definition) is 2. The Kier molecular flexibility index (Phi) is 5.73. The summed E-state index contributed by atoms with van der Waals surface area (Å²) in [7, 11) is 0. The largest absolute Gasteiger partial charge is 0.445 e. The summed E-state index contributed by atoms with van der Waals surface area (Å²) in [5.41, 5.74) is 1.01. The van der Waals surface area contributed by atoms with Crippen LogP contribution in [0.15, 0.2) is 30.3 Å². The predicted octanol–water partition coefficient (Wildman–Crippen LogP) is 3.70. The molecule has 0 spiro atoms. The van der Waals surface area contributed by atoms with Gasteiger partial charge in [-0.2, -0.15) is 0 Å². The van der Waals surface area contributed by atoms with E-state index in [0.717, 1.165) is 17.9 Å². The van der Waals surface area contributed by atoms with E-state index in [-0.39, 0.29) is 6.09 Å². The Morgan fingerprint density at radius 1 is 1.32 bits per heavy atom. The molecule has 1 aromatic carbocycles. The summed E-state index contributed by atoms with van der Waals surface area (Å²) >= 11 is 0. The van der Waals surface area contributed by atoms with Crippen molar-refractivity contribution >= 4 is 6.09 Å². The van der Waals surface area contributed by atoms with E-state index in [1.165, 1.54) is 25.7 Å². The Labute approximate surface area is 115 Å². The van der Waals surface area contributed by atoms with Gasteiger partial charge in [0.2, 0.25) is 0 Å². The fraction of sp³-hybridized carbons (Fsp3) is 0.500. The number of benzene rings is 1. The minimum absolute atomic E-state index is 0.320. The maximum Gasteiger partial charge on any atom is 0.407 e. The Hall–Kier alpha value is -1.51. The van der Waals surface area contributed by atoms with Crippen LogP contribution in [0.4, 0.5) is 4.79 Å². The number of ether oxygens (including phenoxy) is 1. The molecule has 103 valence electrons. The van der Waals surface area contributed by atoms with Crippen molar-refractivity contribution in [2.45, 2.75) is 38.7 Å². The highest BCUT2D eigenvalue weighted by Crippen LogP contribution is 2.27. The van der Waals surface area contributed by atoms with E-state index in [9.17, 15) is 4.79 Å². The van der Waals surface area contributed by atoms with Gasteiger partial charge in [-0.15, -0.1) is 0 Å². The van der Waals surface area contributed by atoms with Gasteiger partial charge in [-0.3, -0.25) is 0 Å². The number of hydrogen-bond donors (Lipinski definition) is 1. The van der Waals surface area contributed by atoms with Crippen LogP contribution in [0.1, 0.15) is 37.7 Å². The van der Waals surface area contributed by atoms with Crippen molar-refractivity contribution in [3.8, 4) is 0 Å². The Morgan fingerprint density at radius 2 is 2.16 bits per heavy atom. The molecule has 1 aliphatic rings. The highest BCUT2D eigenvalue weighted by molar-refractivity contribution is 5.67. The lowest BCUT2D eigenvalue weighted by Crippen LogP contribution is -2.25. The van der Waals surface area contributed by atoms with Crippen LogP contribution in [0.5, 0.6) is 0 Å². The zero-order valence-electron chi connectivity index (χ0n) is 11.3. The smallest absolute Gasteiger partial charge is 0.407 e. The predicted molar refractivity (Wildman–Crippen MR) is 75.5 cm³/mol. The standard InChI is InChI=1S/C16H22NO2/c18-16(19-13-15-9-2-1-3-10-15)17-12-6-11-14-7-4-5-8-14/h1-3,7,9-10,14H,4-6,8,11-13H2,(H,17,18). The first-order valence-electron chi connectivity index (χ1n) is 7.12. The van der Waals surface area contributed by atoms with E-state index < -0.39 is 0 Å². The summed E-state index contributed by atoms with van der Waals surface area (Å²) in [4.78, 5) is 11.5. The van der Waals surface area contributed by atoms with Crippen molar-refractivity contribution in [2.75, 3.05) is 6.54 Å². The van der Waals surface area contributed by atoms with Gasteiger partial charge in [-0.1, -0.05) is 43.2 Å². The molecular formula is C16H22NO2. The molecule has 1 saturated carbocycles. The maximum absolute atomic E-state index is 11.5. The molecule has 2 rings (SSSR count). The van der Waals surface area contributed by atoms with Gasteiger partial charge in [0.1, 0.15) is 6.61 Å². The highest BCUT2D eigenvalue weighted by atomic mass is 16.5. The summed E-state index contributed by atoms with van der Waals surface area (Å²) < 4.78 is 5.14. The lowest BCUT2D eigenvalue weighted by atomic mass is 10.0. The second kappa shape index (κ2) is 7.82. The molecule has 1 radical (unpaired) electrons. The highest BCUT2D eigenvalue weighted by Gasteiger charge is 2.14. The summed E-state index contributed by atoms with van der Waals surface area (Å²) in [6.07, 6.45) is 8.21. The van der Waals surface area contributed by atoms with E-state index >= 15 is 0 Å². The zero-order chi connectivity index (χ0) is 13.3. The third kappa shape index (κ3) is 5.33. The fourth-order valence-electron chi connectivity index (χ4n) is 2.44. The number of carbonyl (C=O) groups excluding carboxylic acids is 1. The van der Waals surface area contributed by atoms with E-state index in [0.29, 0.717) is 13.2 Å². The van der Waals surface area contributed by atoms with Crippen molar-refractivity contribution in [1.82, 2.24) is 5.32 Å². The second-order valence-electron chi connectivity index (χ2n) is 5.06. The van der Waals surface area contributed by atoms with Crippen LogP contribution < -0.4 is 5.32 Å². The Bertz CT molecular complexity index is 372.